The van der Waals surface area contributed by atoms with Crippen molar-refractivity contribution >= 4 is 18.2 Å². The molecule has 0 aliphatic carbocycles. The first-order chi connectivity index (χ1) is 13.6. The number of rotatable bonds is 4. The number of halogens is 1. The second-order valence-corrected chi connectivity index (χ2v) is 7.72. The first-order valence-electron chi connectivity index (χ1n) is 9.77. The maximum atomic E-state index is 6.07. The molecule has 3 aromatic rings. The lowest BCUT2D eigenvalue weighted by Crippen LogP contribution is -2.25. The van der Waals surface area contributed by atoms with Crippen molar-refractivity contribution in [2.45, 2.75) is 37.8 Å². The zero-order valence-electron chi connectivity index (χ0n) is 16.3. The van der Waals surface area contributed by atoms with Crippen LogP contribution < -0.4 is 15.8 Å². The minimum atomic E-state index is -0.222. The van der Waals surface area contributed by atoms with Gasteiger partial charge in [-0.25, -0.2) is 4.98 Å². The number of nitrogen functional groups attached to an aromatic ring is 1. The van der Waals surface area contributed by atoms with Gasteiger partial charge in [0, 0.05) is 42.2 Å². The summed E-state index contributed by atoms with van der Waals surface area (Å²) in [6, 6.07) is 9.91. The minimum absolute atomic E-state index is 0. The predicted molar refractivity (Wildman–Crippen MR) is 114 cm³/mol. The second-order valence-electron chi connectivity index (χ2n) is 7.72. The van der Waals surface area contributed by atoms with Gasteiger partial charge in [0.25, 0.3) is 0 Å². The molecule has 1 fully saturated rings. The van der Waals surface area contributed by atoms with Gasteiger partial charge in [-0.3, -0.25) is 9.67 Å². The molecule has 1 unspecified atom stereocenters. The highest BCUT2D eigenvalue weighted by Gasteiger charge is 2.42. The lowest BCUT2D eigenvalue weighted by Gasteiger charge is -2.20. The van der Waals surface area contributed by atoms with Gasteiger partial charge in [-0.05, 0) is 50.6 Å². The van der Waals surface area contributed by atoms with Crippen LogP contribution in [-0.4, -0.2) is 32.8 Å². The summed E-state index contributed by atoms with van der Waals surface area (Å²) < 4.78 is 8.22. The lowest BCUT2D eigenvalue weighted by atomic mass is 9.82. The summed E-state index contributed by atoms with van der Waals surface area (Å²) in [5, 5.41) is 8.33. The molecule has 7 nitrogen and oxygen atoms in total. The van der Waals surface area contributed by atoms with Gasteiger partial charge in [-0.2, -0.15) is 5.10 Å². The number of hydrogen-bond donors (Lipinski definition) is 2. The second kappa shape index (κ2) is 7.65. The summed E-state index contributed by atoms with van der Waals surface area (Å²) in [7, 11) is 0. The molecular weight excluding hydrogens is 388 g/mol. The Hall–Kier alpha value is -2.64. The van der Waals surface area contributed by atoms with Crippen LogP contribution in [0.15, 0.2) is 42.7 Å². The van der Waals surface area contributed by atoms with E-state index < -0.39 is 0 Å². The Balaban J connectivity index is 0.00000205. The Morgan fingerprint density at radius 2 is 2.14 bits per heavy atom. The molecule has 5 heterocycles. The van der Waals surface area contributed by atoms with Crippen molar-refractivity contribution in [1.82, 2.24) is 25.1 Å². The Bertz CT molecular complexity index is 1000. The molecule has 1 spiro atoms. The quantitative estimate of drug-likeness (QED) is 0.684. The Labute approximate surface area is 176 Å². The summed E-state index contributed by atoms with van der Waals surface area (Å²) in [5.41, 5.74) is 10.3. The molecule has 0 amide bonds. The monoisotopic (exact) mass is 412 g/mol. The van der Waals surface area contributed by atoms with Gasteiger partial charge in [0.15, 0.2) is 11.6 Å². The van der Waals surface area contributed by atoms with E-state index in [0.717, 1.165) is 36.6 Å². The van der Waals surface area contributed by atoms with Crippen LogP contribution in [0.5, 0.6) is 5.75 Å². The fourth-order valence-electron chi connectivity index (χ4n) is 4.34. The van der Waals surface area contributed by atoms with Gasteiger partial charge in [-0.1, -0.05) is 6.07 Å². The van der Waals surface area contributed by atoms with E-state index in [1.165, 1.54) is 18.5 Å². The number of nitrogens with one attached hydrogen (secondary N) is 1. The Morgan fingerprint density at radius 3 is 2.90 bits per heavy atom. The number of anilines is 1. The molecule has 2 aliphatic heterocycles. The van der Waals surface area contributed by atoms with Gasteiger partial charge in [0.1, 0.15) is 6.10 Å². The van der Waals surface area contributed by atoms with E-state index in [-0.39, 0.29) is 23.9 Å². The summed E-state index contributed by atoms with van der Waals surface area (Å²) in [5.74, 6) is 0.927. The van der Waals surface area contributed by atoms with Crippen molar-refractivity contribution in [1.29, 1.82) is 0 Å². The third-order valence-corrected chi connectivity index (χ3v) is 5.95. The first kappa shape index (κ1) is 19.7. The molecule has 8 heteroatoms. The van der Waals surface area contributed by atoms with Gasteiger partial charge >= 0.3 is 0 Å². The van der Waals surface area contributed by atoms with Crippen molar-refractivity contribution in [3.8, 4) is 17.0 Å². The summed E-state index contributed by atoms with van der Waals surface area (Å²) in [6.07, 6.45) is 5.64. The Morgan fingerprint density at radius 1 is 1.24 bits per heavy atom. The number of nitrogens with two attached hydrogens (primary N) is 1. The standard InChI is InChI=1S/C21H24N6O.ClH/c1-14(16-4-2-3-7-24-16)28-18-10-15(12-25-20(18)22)17-11-19-21(5-8-23-13-21)6-9-27(19)26-17;/h2-4,7,10-12,14,23H,5-6,8-9,13H2,1H3,(H2,22,25);1H/t14-,21?;/m0./s1. The highest BCUT2D eigenvalue weighted by Crippen LogP contribution is 2.41. The van der Waals surface area contributed by atoms with Crippen LogP contribution in [0, 0.1) is 0 Å². The molecule has 0 radical (unpaired) electrons. The van der Waals surface area contributed by atoms with Crippen LogP contribution >= 0.6 is 12.4 Å². The zero-order chi connectivity index (χ0) is 19.1. The SMILES string of the molecule is C[C@H](Oc1cc(-c2cc3n(n2)CCC32CCNC2)cnc1N)c1ccccn1.Cl. The first-order valence-corrected chi connectivity index (χ1v) is 9.77. The van der Waals surface area contributed by atoms with Crippen molar-refractivity contribution in [3.63, 3.8) is 0 Å². The van der Waals surface area contributed by atoms with E-state index >= 15 is 0 Å². The van der Waals surface area contributed by atoms with Gasteiger partial charge < -0.3 is 15.8 Å². The van der Waals surface area contributed by atoms with Crippen LogP contribution in [-0.2, 0) is 12.0 Å². The number of pyridine rings is 2. The maximum Gasteiger partial charge on any atom is 0.166 e. The smallest absolute Gasteiger partial charge is 0.166 e. The van der Waals surface area contributed by atoms with E-state index in [9.17, 15) is 0 Å². The number of aryl methyl sites for hydroxylation is 1. The maximum absolute atomic E-state index is 6.07. The van der Waals surface area contributed by atoms with E-state index in [1.807, 2.05) is 31.2 Å². The zero-order valence-corrected chi connectivity index (χ0v) is 17.2. The minimum Gasteiger partial charge on any atom is -0.481 e. The molecule has 0 bridgehead atoms. The van der Waals surface area contributed by atoms with Crippen LogP contribution in [0.4, 0.5) is 5.82 Å². The molecule has 152 valence electrons. The molecule has 2 aliphatic rings. The van der Waals surface area contributed by atoms with Gasteiger partial charge in [-0.15, -0.1) is 12.4 Å². The summed E-state index contributed by atoms with van der Waals surface area (Å²) >= 11 is 0. The van der Waals surface area contributed by atoms with Crippen molar-refractivity contribution in [2.24, 2.45) is 0 Å². The average Bonchev–Trinajstić information content (AvgIpc) is 3.43. The number of aromatic nitrogens is 4. The number of nitrogens with zero attached hydrogens (tertiary/aromatic N) is 4. The molecule has 5 rings (SSSR count). The van der Waals surface area contributed by atoms with Crippen molar-refractivity contribution in [3.05, 3.63) is 54.1 Å². The fraction of sp³-hybridized carbons (Fsp3) is 0.381. The summed E-state index contributed by atoms with van der Waals surface area (Å²) in [4.78, 5) is 8.70. The summed E-state index contributed by atoms with van der Waals surface area (Å²) in [6.45, 7) is 5.04. The molecule has 3 aromatic heterocycles. The molecule has 1 saturated heterocycles. The Kier molecular flexibility index (Phi) is 5.19. The number of hydrogen-bond acceptors (Lipinski definition) is 6. The number of fused-ring (bicyclic) bond motifs is 2. The molecule has 29 heavy (non-hydrogen) atoms. The van der Waals surface area contributed by atoms with Crippen molar-refractivity contribution in [2.75, 3.05) is 18.8 Å². The molecule has 2 atom stereocenters. The van der Waals surface area contributed by atoms with E-state index in [0.29, 0.717) is 11.6 Å². The fourth-order valence-corrected chi connectivity index (χ4v) is 4.34. The van der Waals surface area contributed by atoms with Crippen LogP contribution in [0.3, 0.4) is 0 Å². The lowest BCUT2D eigenvalue weighted by molar-refractivity contribution is 0.222. The van der Waals surface area contributed by atoms with E-state index in [4.69, 9.17) is 15.6 Å². The van der Waals surface area contributed by atoms with Crippen LogP contribution in [0.2, 0.25) is 0 Å². The predicted octanol–water partition coefficient (Wildman–Crippen LogP) is 3.12. The topological polar surface area (TPSA) is 90.9 Å². The largest absolute Gasteiger partial charge is 0.481 e. The highest BCUT2D eigenvalue weighted by molar-refractivity contribution is 5.85. The normalized spacial score (nSPS) is 21.0. The molecule has 0 aromatic carbocycles. The van der Waals surface area contributed by atoms with Gasteiger partial charge in [0.2, 0.25) is 0 Å². The molecular formula is C21H25ClN6O. The third-order valence-electron chi connectivity index (χ3n) is 5.95. The van der Waals surface area contributed by atoms with Gasteiger partial charge in [0.05, 0.1) is 11.4 Å². The van der Waals surface area contributed by atoms with E-state index in [2.05, 4.69) is 26.0 Å². The van der Waals surface area contributed by atoms with Crippen LogP contribution in [0.25, 0.3) is 11.3 Å². The van der Waals surface area contributed by atoms with E-state index in [1.54, 1.807) is 12.4 Å². The third kappa shape index (κ3) is 3.45. The number of ether oxygens (including phenoxy) is 1. The van der Waals surface area contributed by atoms with Crippen LogP contribution in [0.1, 0.15) is 37.3 Å². The average molecular weight is 413 g/mol. The van der Waals surface area contributed by atoms with Crippen molar-refractivity contribution < 1.29 is 4.74 Å². The molecule has 3 N–H and O–H groups in total. The highest BCUT2D eigenvalue weighted by atomic mass is 35.5. The molecule has 0 saturated carbocycles.